The molecule has 2 aromatic rings. The van der Waals surface area contributed by atoms with Crippen LogP contribution in [0.4, 0.5) is 11.4 Å². The number of nitrogens with zero attached hydrogens (tertiary/aromatic N) is 3. The summed E-state index contributed by atoms with van der Waals surface area (Å²) in [6, 6.07) is 11.8. The Morgan fingerprint density at radius 3 is 2.24 bits per heavy atom. The van der Waals surface area contributed by atoms with E-state index in [-0.39, 0.29) is 22.8 Å². The zero-order valence-corrected chi connectivity index (χ0v) is 17.7. The predicted molar refractivity (Wildman–Crippen MR) is 113 cm³/mol. The summed E-state index contributed by atoms with van der Waals surface area (Å²) in [5.74, 6) is 0. The molecule has 0 aromatic heterocycles. The molecule has 0 amide bonds. The molecule has 0 unspecified atom stereocenters. The third-order valence-electron chi connectivity index (χ3n) is 4.68. The molecule has 2 aromatic carbocycles. The van der Waals surface area contributed by atoms with Gasteiger partial charge in [0.25, 0.3) is 15.7 Å². The molecule has 2 rings (SSSR count). The standard InChI is InChI=1S/C20H27N3O5S/c1-4-21(5-2)14-19(24)15-22(17-7-6-8-18(13-17)23(25)26)29(27,28)20-11-9-16(3)10-12-20/h6-13,19,24H,4-5,14-15H2,1-3H3/t19-/m0/s1. The Morgan fingerprint density at radius 2 is 1.69 bits per heavy atom. The highest BCUT2D eigenvalue weighted by Crippen LogP contribution is 2.27. The summed E-state index contributed by atoms with van der Waals surface area (Å²) < 4.78 is 27.7. The van der Waals surface area contributed by atoms with Gasteiger partial charge in [0, 0.05) is 18.7 Å². The Balaban J connectivity index is 2.46. The van der Waals surface area contributed by atoms with Crippen LogP contribution in [-0.2, 0) is 10.0 Å². The summed E-state index contributed by atoms with van der Waals surface area (Å²) in [6.45, 7) is 7.28. The van der Waals surface area contributed by atoms with Gasteiger partial charge in [0.1, 0.15) is 0 Å². The number of aryl methyl sites for hydroxylation is 1. The molecule has 8 nitrogen and oxygen atoms in total. The highest BCUT2D eigenvalue weighted by Gasteiger charge is 2.28. The van der Waals surface area contributed by atoms with Crippen molar-refractivity contribution in [2.75, 3.05) is 30.5 Å². The van der Waals surface area contributed by atoms with Gasteiger partial charge in [-0.2, -0.15) is 0 Å². The first-order chi connectivity index (χ1) is 13.7. The van der Waals surface area contributed by atoms with Gasteiger partial charge in [0.05, 0.1) is 28.2 Å². The molecule has 0 bridgehead atoms. The van der Waals surface area contributed by atoms with Crippen molar-refractivity contribution < 1.29 is 18.4 Å². The van der Waals surface area contributed by atoms with E-state index in [9.17, 15) is 23.6 Å². The highest BCUT2D eigenvalue weighted by molar-refractivity contribution is 7.92. The van der Waals surface area contributed by atoms with Crippen LogP contribution in [0.3, 0.4) is 0 Å². The molecule has 0 saturated carbocycles. The van der Waals surface area contributed by atoms with Gasteiger partial charge in [-0.3, -0.25) is 14.4 Å². The summed E-state index contributed by atoms with van der Waals surface area (Å²) in [5, 5.41) is 21.7. The van der Waals surface area contributed by atoms with Gasteiger partial charge < -0.3 is 10.0 Å². The fourth-order valence-electron chi connectivity index (χ4n) is 2.97. The second-order valence-corrected chi connectivity index (χ2v) is 8.63. The second kappa shape index (κ2) is 9.82. The Hall–Kier alpha value is -2.49. The van der Waals surface area contributed by atoms with Gasteiger partial charge in [-0.25, -0.2) is 8.42 Å². The molecule has 0 aliphatic carbocycles. The lowest BCUT2D eigenvalue weighted by molar-refractivity contribution is -0.384. The molecule has 0 heterocycles. The number of hydrogen-bond acceptors (Lipinski definition) is 6. The molecule has 0 spiro atoms. The molecule has 9 heteroatoms. The van der Waals surface area contributed by atoms with Crippen LogP contribution in [0, 0.1) is 17.0 Å². The largest absolute Gasteiger partial charge is 0.390 e. The highest BCUT2D eigenvalue weighted by atomic mass is 32.2. The number of non-ortho nitro benzene ring substituents is 1. The topological polar surface area (TPSA) is 104 Å². The lowest BCUT2D eigenvalue weighted by Crippen LogP contribution is -2.43. The fraction of sp³-hybridized carbons (Fsp3) is 0.400. The molecule has 0 aliphatic rings. The quantitative estimate of drug-likeness (QED) is 0.467. The number of aliphatic hydroxyl groups is 1. The maximum absolute atomic E-state index is 13.3. The first kappa shape index (κ1) is 22.8. The molecule has 0 fully saturated rings. The predicted octanol–water partition coefficient (Wildman–Crippen LogP) is 2.80. The average Bonchev–Trinajstić information content (AvgIpc) is 2.70. The minimum atomic E-state index is -4.03. The third kappa shape index (κ3) is 5.75. The minimum Gasteiger partial charge on any atom is -0.390 e. The smallest absolute Gasteiger partial charge is 0.271 e. The number of likely N-dealkylation sites (N-methyl/N-ethyl adjacent to an activating group) is 1. The van der Waals surface area contributed by atoms with Crippen molar-refractivity contribution in [2.45, 2.75) is 31.8 Å². The number of sulfonamides is 1. The van der Waals surface area contributed by atoms with Gasteiger partial charge in [-0.05, 0) is 38.2 Å². The molecular formula is C20H27N3O5S. The van der Waals surface area contributed by atoms with Gasteiger partial charge in [0.2, 0.25) is 0 Å². The number of nitro benzene ring substituents is 1. The first-order valence-electron chi connectivity index (χ1n) is 9.43. The zero-order chi connectivity index (χ0) is 21.6. The van der Waals surface area contributed by atoms with E-state index in [0.717, 1.165) is 23.0 Å². The zero-order valence-electron chi connectivity index (χ0n) is 16.9. The van der Waals surface area contributed by atoms with Crippen molar-refractivity contribution in [1.29, 1.82) is 0 Å². The summed E-state index contributed by atoms with van der Waals surface area (Å²) in [7, 11) is -4.03. The SMILES string of the molecule is CCN(CC)C[C@H](O)CN(c1cccc([N+](=O)[O-])c1)S(=O)(=O)c1ccc(C)cc1. The Kier molecular flexibility index (Phi) is 7.72. The van der Waals surface area contributed by atoms with E-state index in [1.165, 1.54) is 36.4 Å². The lowest BCUT2D eigenvalue weighted by atomic mass is 10.2. The fourth-order valence-corrected chi connectivity index (χ4v) is 4.46. The van der Waals surface area contributed by atoms with E-state index in [1.807, 2.05) is 25.7 Å². The normalized spacial score (nSPS) is 12.7. The number of rotatable bonds is 10. The number of hydrogen-bond donors (Lipinski definition) is 1. The maximum Gasteiger partial charge on any atom is 0.271 e. The molecule has 0 aliphatic heterocycles. The van der Waals surface area contributed by atoms with Crippen LogP contribution < -0.4 is 4.31 Å². The Bertz CT molecular complexity index is 927. The van der Waals surface area contributed by atoms with E-state index in [4.69, 9.17) is 0 Å². The molecule has 29 heavy (non-hydrogen) atoms. The van der Waals surface area contributed by atoms with Crippen LogP contribution in [-0.4, -0.2) is 55.6 Å². The Morgan fingerprint density at radius 1 is 1.07 bits per heavy atom. The van der Waals surface area contributed by atoms with Crippen molar-refractivity contribution >= 4 is 21.4 Å². The molecule has 0 radical (unpaired) electrons. The number of nitro groups is 1. The van der Waals surface area contributed by atoms with Gasteiger partial charge in [-0.1, -0.05) is 37.6 Å². The van der Waals surface area contributed by atoms with Crippen molar-refractivity contribution in [2.24, 2.45) is 0 Å². The van der Waals surface area contributed by atoms with E-state index in [2.05, 4.69) is 0 Å². The van der Waals surface area contributed by atoms with Crippen LogP contribution in [0.15, 0.2) is 53.4 Å². The summed E-state index contributed by atoms with van der Waals surface area (Å²) in [4.78, 5) is 12.6. The molecule has 0 saturated heterocycles. The van der Waals surface area contributed by atoms with E-state index in [1.54, 1.807) is 12.1 Å². The number of aliphatic hydroxyl groups excluding tert-OH is 1. The number of anilines is 1. The molecular weight excluding hydrogens is 394 g/mol. The van der Waals surface area contributed by atoms with E-state index >= 15 is 0 Å². The van der Waals surface area contributed by atoms with Crippen molar-refractivity contribution in [3.63, 3.8) is 0 Å². The van der Waals surface area contributed by atoms with Gasteiger partial charge >= 0.3 is 0 Å². The third-order valence-corrected chi connectivity index (χ3v) is 6.49. The number of benzene rings is 2. The van der Waals surface area contributed by atoms with Crippen LogP contribution in [0.1, 0.15) is 19.4 Å². The average molecular weight is 422 g/mol. The lowest BCUT2D eigenvalue weighted by Gasteiger charge is -2.29. The van der Waals surface area contributed by atoms with Crippen LogP contribution in [0.25, 0.3) is 0 Å². The maximum atomic E-state index is 13.3. The van der Waals surface area contributed by atoms with Crippen LogP contribution in [0.5, 0.6) is 0 Å². The minimum absolute atomic E-state index is 0.0599. The monoisotopic (exact) mass is 421 g/mol. The van der Waals surface area contributed by atoms with Crippen molar-refractivity contribution in [3.8, 4) is 0 Å². The van der Waals surface area contributed by atoms with E-state index < -0.39 is 21.1 Å². The van der Waals surface area contributed by atoms with Gasteiger partial charge in [0.15, 0.2) is 0 Å². The first-order valence-corrected chi connectivity index (χ1v) is 10.9. The second-order valence-electron chi connectivity index (χ2n) is 6.77. The summed E-state index contributed by atoms with van der Waals surface area (Å²) in [6.07, 6.45) is -0.964. The Labute approximate surface area is 171 Å². The summed E-state index contributed by atoms with van der Waals surface area (Å²) in [5.41, 5.74) is 0.829. The molecule has 1 atom stereocenters. The molecule has 1 N–H and O–H groups in total. The molecule has 158 valence electrons. The van der Waals surface area contributed by atoms with Crippen molar-refractivity contribution in [3.05, 3.63) is 64.2 Å². The van der Waals surface area contributed by atoms with Gasteiger partial charge in [-0.15, -0.1) is 0 Å². The van der Waals surface area contributed by atoms with Crippen LogP contribution >= 0.6 is 0 Å². The van der Waals surface area contributed by atoms with E-state index in [0.29, 0.717) is 6.54 Å². The van der Waals surface area contributed by atoms with Crippen molar-refractivity contribution in [1.82, 2.24) is 4.90 Å². The van der Waals surface area contributed by atoms with Crippen LogP contribution in [0.2, 0.25) is 0 Å². The summed E-state index contributed by atoms with van der Waals surface area (Å²) >= 11 is 0.